The van der Waals surface area contributed by atoms with Crippen LogP contribution in [0, 0.1) is 0 Å². The summed E-state index contributed by atoms with van der Waals surface area (Å²) in [5.74, 6) is -1.30. The van der Waals surface area contributed by atoms with E-state index in [4.69, 9.17) is 11.6 Å². The number of hydrogen-bond donors (Lipinski definition) is 2. The molecule has 30 heavy (non-hydrogen) atoms. The lowest BCUT2D eigenvalue weighted by molar-refractivity contribution is -0.136. The zero-order valence-corrected chi connectivity index (χ0v) is 18.0. The zero-order chi connectivity index (χ0) is 21.5. The highest BCUT2D eigenvalue weighted by atomic mass is 79.9. The Morgan fingerprint density at radius 1 is 1.07 bits per heavy atom. The highest BCUT2D eigenvalue weighted by molar-refractivity contribution is 9.10. The van der Waals surface area contributed by atoms with Crippen molar-refractivity contribution in [3.8, 4) is 5.75 Å². The molecule has 0 fully saturated rings. The SMILES string of the molecule is O=C(CC1(O)C(=O)N(Cc2ccc(Cl)cc2)c2ccc(Br)cc21)c1ccccc1O. The quantitative estimate of drug-likeness (QED) is 0.507. The van der Waals surface area contributed by atoms with E-state index in [9.17, 15) is 19.8 Å². The van der Waals surface area contributed by atoms with Gasteiger partial charge in [-0.2, -0.15) is 0 Å². The molecule has 7 heteroatoms. The van der Waals surface area contributed by atoms with Gasteiger partial charge in [0, 0.05) is 15.1 Å². The number of aromatic hydroxyl groups is 1. The molecule has 3 aromatic rings. The Balaban J connectivity index is 1.72. The normalized spacial score (nSPS) is 17.8. The van der Waals surface area contributed by atoms with Crippen LogP contribution in [0.15, 0.2) is 71.2 Å². The number of carbonyl (C=O) groups is 2. The average molecular weight is 487 g/mol. The van der Waals surface area contributed by atoms with Crippen LogP contribution in [0.3, 0.4) is 0 Å². The second-order valence-corrected chi connectivity index (χ2v) is 8.51. The molecule has 0 aromatic heterocycles. The molecule has 1 atom stereocenters. The second kappa shape index (κ2) is 7.87. The van der Waals surface area contributed by atoms with Crippen molar-refractivity contribution in [2.24, 2.45) is 0 Å². The highest BCUT2D eigenvalue weighted by Crippen LogP contribution is 2.45. The van der Waals surface area contributed by atoms with Crippen molar-refractivity contribution >= 4 is 44.9 Å². The molecule has 1 heterocycles. The number of ketones is 1. The van der Waals surface area contributed by atoms with Gasteiger partial charge in [-0.15, -0.1) is 0 Å². The first-order valence-corrected chi connectivity index (χ1v) is 10.4. The fourth-order valence-electron chi connectivity index (χ4n) is 3.66. The predicted molar refractivity (Wildman–Crippen MR) is 118 cm³/mol. The number of hydrogen-bond acceptors (Lipinski definition) is 4. The van der Waals surface area contributed by atoms with Gasteiger partial charge in [-0.05, 0) is 48.0 Å². The third-order valence-electron chi connectivity index (χ3n) is 5.17. The molecular weight excluding hydrogens is 470 g/mol. The van der Waals surface area contributed by atoms with Crippen molar-refractivity contribution in [2.75, 3.05) is 4.90 Å². The number of nitrogens with zero attached hydrogens (tertiary/aromatic N) is 1. The molecule has 0 saturated heterocycles. The van der Waals surface area contributed by atoms with E-state index in [-0.39, 0.29) is 17.9 Å². The Morgan fingerprint density at radius 2 is 1.77 bits per heavy atom. The topological polar surface area (TPSA) is 77.8 Å². The largest absolute Gasteiger partial charge is 0.507 e. The van der Waals surface area contributed by atoms with Crippen LogP contribution >= 0.6 is 27.5 Å². The maximum absolute atomic E-state index is 13.3. The summed E-state index contributed by atoms with van der Waals surface area (Å²) in [5.41, 5.74) is -0.264. The fourth-order valence-corrected chi connectivity index (χ4v) is 4.15. The number of anilines is 1. The van der Waals surface area contributed by atoms with Crippen molar-refractivity contribution in [1.82, 2.24) is 0 Å². The van der Waals surface area contributed by atoms with Gasteiger partial charge in [0.05, 0.1) is 24.2 Å². The number of Topliss-reactive ketones (excluding diaryl/α,β-unsaturated/α-hetero) is 1. The first-order chi connectivity index (χ1) is 14.3. The Labute approximate surface area is 186 Å². The summed E-state index contributed by atoms with van der Waals surface area (Å²) in [6, 6.07) is 18.3. The number of benzene rings is 3. The Bertz CT molecular complexity index is 1150. The molecule has 4 rings (SSSR count). The summed E-state index contributed by atoms with van der Waals surface area (Å²) in [4.78, 5) is 27.7. The molecule has 1 aliphatic rings. The lowest BCUT2D eigenvalue weighted by atomic mass is 9.88. The molecule has 0 bridgehead atoms. The van der Waals surface area contributed by atoms with Crippen LogP contribution in [-0.4, -0.2) is 21.9 Å². The van der Waals surface area contributed by atoms with E-state index >= 15 is 0 Å². The Hall–Kier alpha value is -2.67. The number of amides is 1. The zero-order valence-electron chi connectivity index (χ0n) is 15.7. The van der Waals surface area contributed by atoms with Crippen molar-refractivity contribution in [3.63, 3.8) is 0 Å². The van der Waals surface area contributed by atoms with Crippen molar-refractivity contribution in [2.45, 2.75) is 18.6 Å². The van der Waals surface area contributed by atoms with Crippen molar-refractivity contribution in [3.05, 3.63) is 92.9 Å². The summed E-state index contributed by atoms with van der Waals surface area (Å²) in [6.07, 6.45) is -0.482. The van der Waals surface area contributed by atoms with Crippen LogP contribution in [0.1, 0.15) is 27.9 Å². The smallest absolute Gasteiger partial charge is 0.264 e. The maximum Gasteiger partial charge on any atom is 0.264 e. The van der Waals surface area contributed by atoms with Crippen LogP contribution < -0.4 is 4.90 Å². The molecule has 0 aliphatic carbocycles. The van der Waals surface area contributed by atoms with Gasteiger partial charge in [0.1, 0.15) is 5.75 Å². The first-order valence-electron chi connectivity index (χ1n) is 9.19. The Kier molecular flexibility index (Phi) is 5.40. The molecule has 0 radical (unpaired) electrons. The summed E-state index contributed by atoms with van der Waals surface area (Å²) in [7, 11) is 0. The number of rotatable bonds is 5. The van der Waals surface area contributed by atoms with Crippen LogP contribution in [0.2, 0.25) is 5.02 Å². The first kappa shape index (κ1) is 20.6. The molecule has 0 saturated carbocycles. The van der Waals surface area contributed by atoms with Gasteiger partial charge in [-0.25, -0.2) is 0 Å². The van der Waals surface area contributed by atoms with E-state index in [1.54, 1.807) is 54.6 Å². The van der Waals surface area contributed by atoms with Crippen LogP contribution in [-0.2, 0) is 16.9 Å². The summed E-state index contributed by atoms with van der Waals surface area (Å²) < 4.78 is 0.677. The standard InChI is InChI=1S/C23H17BrClNO4/c24-15-7-10-19-18(11-15)23(30,12-21(28)17-3-1-2-4-20(17)27)22(29)26(19)13-14-5-8-16(25)9-6-14/h1-11,27,30H,12-13H2. The molecular formula is C23H17BrClNO4. The van der Waals surface area contributed by atoms with Crippen LogP contribution in [0.5, 0.6) is 5.75 Å². The molecule has 152 valence electrons. The highest BCUT2D eigenvalue weighted by Gasteiger charge is 2.51. The Morgan fingerprint density at radius 3 is 2.47 bits per heavy atom. The molecule has 1 amide bonds. The maximum atomic E-state index is 13.3. The third kappa shape index (κ3) is 3.62. The number of phenols is 1. The fraction of sp³-hybridized carbons (Fsp3) is 0.130. The number of fused-ring (bicyclic) bond motifs is 1. The molecule has 1 unspecified atom stereocenters. The minimum absolute atomic E-state index is 0.0615. The van der Waals surface area contributed by atoms with Crippen molar-refractivity contribution < 1.29 is 19.8 Å². The van der Waals surface area contributed by atoms with Gasteiger partial charge in [-0.3, -0.25) is 9.59 Å². The molecule has 5 nitrogen and oxygen atoms in total. The molecule has 2 N–H and O–H groups in total. The van der Waals surface area contributed by atoms with Crippen LogP contribution in [0.25, 0.3) is 0 Å². The number of aliphatic hydroxyl groups is 1. The molecule has 0 spiro atoms. The monoisotopic (exact) mass is 485 g/mol. The van der Waals surface area contributed by atoms with E-state index in [1.165, 1.54) is 17.0 Å². The lowest BCUT2D eigenvalue weighted by Gasteiger charge is -2.23. The average Bonchev–Trinajstić information content (AvgIpc) is 2.91. The van der Waals surface area contributed by atoms with E-state index in [0.717, 1.165) is 5.56 Å². The summed E-state index contributed by atoms with van der Waals surface area (Å²) in [5, 5.41) is 22.0. The van der Waals surface area contributed by atoms with Gasteiger partial charge in [0.15, 0.2) is 11.4 Å². The molecule has 3 aromatic carbocycles. The second-order valence-electron chi connectivity index (χ2n) is 7.16. The van der Waals surface area contributed by atoms with E-state index in [1.807, 2.05) is 0 Å². The van der Waals surface area contributed by atoms with Crippen molar-refractivity contribution in [1.29, 1.82) is 0 Å². The third-order valence-corrected chi connectivity index (χ3v) is 5.91. The lowest BCUT2D eigenvalue weighted by Crippen LogP contribution is -2.41. The summed E-state index contributed by atoms with van der Waals surface area (Å²) >= 11 is 9.32. The van der Waals surface area contributed by atoms with Gasteiger partial charge < -0.3 is 15.1 Å². The predicted octanol–water partition coefficient (Wildman–Crippen LogP) is 4.82. The minimum Gasteiger partial charge on any atom is -0.507 e. The van der Waals surface area contributed by atoms with Crippen LogP contribution in [0.4, 0.5) is 5.69 Å². The number of halogens is 2. The number of phenolic OH excluding ortho intramolecular Hbond substituents is 1. The van der Waals surface area contributed by atoms with Gasteiger partial charge in [0.25, 0.3) is 5.91 Å². The van der Waals surface area contributed by atoms with Gasteiger partial charge >= 0.3 is 0 Å². The number of para-hydroxylation sites is 1. The van der Waals surface area contributed by atoms with E-state index < -0.39 is 23.7 Å². The summed E-state index contributed by atoms with van der Waals surface area (Å²) in [6.45, 7) is 0.220. The minimum atomic E-state index is -2.04. The van der Waals surface area contributed by atoms with E-state index in [0.29, 0.717) is 20.7 Å². The van der Waals surface area contributed by atoms with Gasteiger partial charge in [-0.1, -0.05) is 51.8 Å². The van der Waals surface area contributed by atoms with Gasteiger partial charge in [0.2, 0.25) is 0 Å². The molecule has 1 aliphatic heterocycles. The number of carbonyl (C=O) groups excluding carboxylic acids is 2. The van der Waals surface area contributed by atoms with E-state index in [2.05, 4.69) is 15.9 Å².